The van der Waals surface area contributed by atoms with Crippen LogP contribution in [-0.2, 0) is 6.18 Å². The lowest BCUT2D eigenvalue weighted by Gasteiger charge is -2.06. The number of benzene rings is 1. The molecule has 2 heterocycles. The van der Waals surface area contributed by atoms with E-state index in [1.807, 2.05) is 6.92 Å². The number of aryl methyl sites for hydroxylation is 1. The topological polar surface area (TPSA) is 43.3 Å². The predicted octanol–water partition coefficient (Wildman–Crippen LogP) is 3.91. The highest BCUT2D eigenvalue weighted by molar-refractivity contribution is 5.66. The predicted molar refractivity (Wildman–Crippen MR) is 74.8 cm³/mol. The van der Waals surface area contributed by atoms with Crippen LogP contribution in [0.25, 0.3) is 16.9 Å². The third-order valence-corrected chi connectivity index (χ3v) is 3.26. The van der Waals surface area contributed by atoms with Crippen LogP contribution in [0.5, 0.6) is 0 Å². The summed E-state index contributed by atoms with van der Waals surface area (Å²) in [6.45, 7) is 1.88. The molecule has 6 heteroatoms. The monoisotopic (exact) mass is 291 g/mol. The van der Waals surface area contributed by atoms with Crippen molar-refractivity contribution >= 4 is 11.3 Å². The second-order valence-electron chi connectivity index (χ2n) is 4.89. The molecule has 3 rings (SSSR count). The molecule has 2 aromatic heterocycles. The molecule has 21 heavy (non-hydrogen) atoms. The standard InChI is InChI=1S/C15H12F3N3/c1-9-6-12(19)7-21-8-13(20-14(9)21)10-2-4-11(5-3-10)15(16,17)18/h2-8H,19H2,1H3. The van der Waals surface area contributed by atoms with Crippen molar-refractivity contribution in [1.82, 2.24) is 9.38 Å². The molecule has 3 aromatic rings. The number of hydrogen-bond donors (Lipinski definition) is 1. The van der Waals surface area contributed by atoms with Gasteiger partial charge in [0.1, 0.15) is 5.65 Å². The molecule has 2 N–H and O–H groups in total. The van der Waals surface area contributed by atoms with Crippen LogP contribution >= 0.6 is 0 Å². The van der Waals surface area contributed by atoms with Crippen molar-refractivity contribution in [3.8, 4) is 11.3 Å². The van der Waals surface area contributed by atoms with E-state index in [-0.39, 0.29) is 0 Å². The number of aromatic nitrogens is 2. The molecule has 0 saturated heterocycles. The Hall–Kier alpha value is -2.50. The Morgan fingerprint density at radius 1 is 1.10 bits per heavy atom. The number of hydrogen-bond acceptors (Lipinski definition) is 2. The Morgan fingerprint density at radius 3 is 2.38 bits per heavy atom. The van der Waals surface area contributed by atoms with E-state index in [0.29, 0.717) is 16.9 Å². The molecule has 0 aliphatic heterocycles. The minimum atomic E-state index is -4.33. The third-order valence-electron chi connectivity index (χ3n) is 3.26. The molecule has 0 fully saturated rings. The fourth-order valence-electron chi connectivity index (χ4n) is 2.27. The molecular weight excluding hydrogens is 279 g/mol. The maximum atomic E-state index is 12.6. The van der Waals surface area contributed by atoms with Gasteiger partial charge in [-0.2, -0.15) is 13.2 Å². The molecule has 0 aliphatic rings. The average molecular weight is 291 g/mol. The number of alkyl halides is 3. The molecule has 0 atom stereocenters. The number of halogens is 3. The Morgan fingerprint density at radius 2 is 1.76 bits per heavy atom. The van der Waals surface area contributed by atoms with Crippen LogP contribution in [0.2, 0.25) is 0 Å². The highest BCUT2D eigenvalue weighted by Gasteiger charge is 2.30. The van der Waals surface area contributed by atoms with E-state index in [0.717, 1.165) is 23.3 Å². The summed E-state index contributed by atoms with van der Waals surface area (Å²) in [5.41, 5.74) is 8.59. The fourth-order valence-corrected chi connectivity index (χ4v) is 2.27. The SMILES string of the molecule is Cc1cc(N)cn2cc(-c3ccc(C(F)(F)F)cc3)nc12. The van der Waals surface area contributed by atoms with Gasteiger partial charge in [-0.3, -0.25) is 0 Å². The van der Waals surface area contributed by atoms with Gasteiger partial charge < -0.3 is 10.1 Å². The maximum absolute atomic E-state index is 12.6. The lowest BCUT2D eigenvalue weighted by atomic mass is 10.1. The van der Waals surface area contributed by atoms with Crippen LogP contribution in [0.4, 0.5) is 18.9 Å². The van der Waals surface area contributed by atoms with E-state index in [9.17, 15) is 13.2 Å². The summed E-state index contributed by atoms with van der Waals surface area (Å²) in [6.07, 6.45) is -0.854. The summed E-state index contributed by atoms with van der Waals surface area (Å²) < 4.78 is 39.4. The number of imidazole rings is 1. The van der Waals surface area contributed by atoms with Gasteiger partial charge in [-0.05, 0) is 30.7 Å². The van der Waals surface area contributed by atoms with Crippen molar-refractivity contribution in [2.45, 2.75) is 13.1 Å². The van der Waals surface area contributed by atoms with Crippen LogP contribution < -0.4 is 5.73 Å². The molecule has 0 bridgehead atoms. The molecular formula is C15H12F3N3. The molecule has 1 aromatic carbocycles. The highest BCUT2D eigenvalue weighted by atomic mass is 19.4. The summed E-state index contributed by atoms with van der Waals surface area (Å²) in [5, 5.41) is 0. The smallest absolute Gasteiger partial charge is 0.398 e. The van der Waals surface area contributed by atoms with Crippen LogP contribution in [0.3, 0.4) is 0 Å². The maximum Gasteiger partial charge on any atom is 0.416 e. The van der Waals surface area contributed by atoms with Crippen molar-refractivity contribution in [3.63, 3.8) is 0 Å². The van der Waals surface area contributed by atoms with E-state index in [1.54, 1.807) is 22.9 Å². The normalized spacial score (nSPS) is 12.0. The second kappa shape index (κ2) is 4.51. The number of anilines is 1. The van der Waals surface area contributed by atoms with Crippen molar-refractivity contribution in [2.24, 2.45) is 0 Å². The van der Waals surface area contributed by atoms with Crippen molar-refractivity contribution < 1.29 is 13.2 Å². The first kappa shape index (κ1) is 13.5. The first-order chi connectivity index (χ1) is 9.84. The molecule has 3 nitrogen and oxygen atoms in total. The van der Waals surface area contributed by atoms with Gasteiger partial charge in [0.2, 0.25) is 0 Å². The van der Waals surface area contributed by atoms with Crippen molar-refractivity contribution in [3.05, 3.63) is 53.9 Å². The van der Waals surface area contributed by atoms with Crippen LogP contribution in [0.15, 0.2) is 42.7 Å². The molecule has 0 unspecified atom stereocenters. The van der Waals surface area contributed by atoms with E-state index in [2.05, 4.69) is 4.98 Å². The lowest BCUT2D eigenvalue weighted by Crippen LogP contribution is -2.03. The van der Waals surface area contributed by atoms with Gasteiger partial charge in [0, 0.05) is 23.6 Å². The zero-order chi connectivity index (χ0) is 15.2. The van der Waals surface area contributed by atoms with Crippen LogP contribution in [0.1, 0.15) is 11.1 Å². The summed E-state index contributed by atoms with van der Waals surface area (Å²) in [5.74, 6) is 0. The number of nitrogen functional groups attached to an aromatic ring is 1. The first-order valence-corrected chi connectivity index (χ1v) is 6.27. The number of fused-ring (bicyclic) bond motifs is 1. The van der Waals surface area contributed by atoms with E-state index >= 15 is 0 Å². The molecule has 108 valence electrons. The van der Waals surface area contributed by atoms with Gasteiger partial charge in [0.25, 0.3) is 0 Å². The van der Waals surface area contributed by atoms with Gasteiger partial charge in [0.15, 0.2) is 0 Å². The number of nitrogens with zero attached hydrogens (tertiary/aromatic N) is 2. The van der Waals surface area contributed by atoms with E-state index in [4.69, 9.17) is 5.73 Å². The number of nitrogens with two attached hydrogens (primary N) is 1. The molecule has 0 amide bonds. The highest BCUT2D eigenvalue weighted by Crippen LogP contribution is 2.31. The summed E-state index contributed by atoms with van der Waals surface area (Å²) >= 11 is 0. The summed E-state index contributed by atoms with van der Waals surface area (Å²) in [6, 6.07) is 6.76. The number of rotatable bonds is 1. The Balaban J connectivity index is 2.06. The van der Waals surface area contributed by atoms with Crippen LogP contribution in [0, 0.1) is 6.92 Å². The minimum absolute atomic E-state index is 0.608. The molecule has 0 radical (unpaired) electrons. The van der Waals surface area contributed by atoms with E-state index < -0.39 is 11.7 Å². The quantitative estimate of drug-likeness (QED) is 0.738. The Bertz CT molecular complexity index is 801. The Labute approximate surface area is 118 Å². The van der Waals surface area contributed by atoms with Gasteiger partial charge in [-0.1, -0.05) is 12.1 Å². The van der Waals surface area contributed by atoms with Gasteiger partial charge >= 0.3 is 6.18 Å². The van der Waals surface area contributed by atoms with Gasteiger partial charge in [-0.15, -0.1) is 0 Å². The molecule has 0 aliphatic carbocycles. The third kappa shape index (κ3) is 2.44. The fraction of sp³-hybridized carbons (Fsp3) is 0.133. The second-order valence-corrected chi connectivity index (χ2v) is 4.89. The van der Waals surface area contributed by atoms with E-state index in [1.165, 1.54) is 12.1 Å². The van der Waals surface area contributed by atoms with Gasteiger partial charge in [0.05, 0.1) is 11.3 Å². The largest absolute Gasteiger partial charge is 0.416 e. The molecule has 0 spiro atoms. The number of pyridine rings is 1. The zero-order valence-corrected chi connectivity index (χ0v) is 11.1. The van der Waals surface area contributed by atoms with Crippen molar-refractivity contribution in [2.75, 3.05) is 5.73 Å². The van der Waals surface area contributed by atoms with Gasteiger partial charge in [-0.25, -0.2) is 4.98 Å². The Kier molecular flexibility index (Phi) is 2.90. The minimum Gasteiger partial charge on any atom is -0.398 e. The van der Waals surface area contributed by atoms with Crippen molar-refractivity contribution in [1.29, 1.82) is 0 Å². The molecule has 0 saturated carbocycles. The first-order valence-electron chi connectivity index (χ1n) is 6.27. The van der Waals surface area contributed by atoms with Crippen LogP contribution in [-0.4, -0.2) is 9.38 Å². The average Bonchev–Trinajstić information content (AvgIpc) is 2.82. The lowest BCUT2D eigenvalue weighted by molar-refractivity contribution is -0.137. The summed E-state index contributed by atoms with van der Waals surface area (Å²) in [7, 11) is 0. The zero-order valence-electron chi connectivity index (χ0n) is 11.1. The summed E-state index contributed by atoms with van der Waals surface area (Å²) in [4.78, 5) is 4.44.